The standard InChI is InChI=1S/C13H9Cl2NO/c14-11-9(8-4-2-1-3-5-8)6-7-10(12(11)15)13(16)17/h1-7H,(H2,16,17). The number of halogens is 2. The van der Waals surface area contributed by atoms with Crippen LogP contribution in [0.3, 0.4) is 0 Å². The summed E-state index contributed by atoms with van der Waals surface area (Å²) in [5, 5.41) is 0.537. The number of hydrogen-bond acceptors (Lipinski definition) is 1. The maximum Gasteiger partial charge on any atom is 0.250 e. The fraction of sp³-hybridized carbons (Fsp3) is 0. The molecule has 0 radical (unpaired) electrons. The van der Waals surface area contributed by atoms with Gasteiger partial charge in [-0.25, -0.2) is 0 Å². The Labute approximate surface area is 109 Å². The first-order valence-corrected chi connectivity index (χ1v) is 5.70. The third kappa shape index (κ3) is 2.28. The van der Waals surface area contributed by atoms with Gasteiger partial charge in [-0.15, -0.1) is 0 Å². The molecule has 2 nitrogen and oxygen atoms in total. The Hall–Kier alpha value is -1.51. The summed E-state index contributed by atoms with van der Waals surface area (Å²) < 4.78 is 0. The van der Waals surface area contributed by atoms with Gasteiger partial charge in [0.2, 0.25) is 5.91 Å². The number of nitrogens with two attached hydrogens (primary N) is 1. The topological polar surface area (TPSA) is 43.1 Å². The first kappa shape index (κ1) is 12.0. The van der Waals surface area contributed by atoms with Crippen molar-refractivity contribution in [2.45, 2.75) is 0 Å². The Kier molecular flexibility index (Phi) is 3.36. The minimum Gasteiger partial charge on any atom is -0.366 e. The maximum atomic E-state index is 11.1. The summed E-state index contributed by atoms with van der Waals surface area (Å²) in [5.41, 5.74) is 7.14. The van der Waals surface area contributed by atoms with Gasteiger partial charge in [-0.3, -0.25) is 4.79 Å². The van der Waals surface area contributed by atoms with Gasteiger partial charge in [0.15, 0.2) is 0 Å². The average Bonchev–Trinajstić information content (AvgIpc) is 2.33. The van der Waals surface area contributed by atoms with Crippen molar-refractivity contribution in [2.24, 2.45) is 5.73 Å². The summed E-state index contributed by atoms with van der Waals surface area (Å²) in [7, 11) is 0. The van der Waals surface area contributed by atoms with Gasteiger partial charge in [0.05, 0.1) is 15.6 Å². The Balaban J connectivity index is 2.60. The lowest BCUT2D eigenvalue weighted by Gasteiger charge is -2.08. The second kappa shape index (κ2) is 4.78. The molecule has 0 aliphatic carbocycles. The van der Waals surface area contributed by atoms with E-state index >= 15 is 0 Å². The van der Waals surface area contributed by atoms with Crippen LogP contribution in [0, 0.1) is 0 Å². The number of carbonyl (C=O) groups is 1. The van der Waals surface area contributed by atoms with Crippen LogP contribution in [0.15, 0.2) is 42.5 Å². The summed E-state index contributed by atoms with van der Waals surface area (Å²) >= 11 is 12.1. The van der Waals surface area contributed by atoms with E-state index in [1.165, 1.54) is 0 Å². The van der Waals surface area contributed by atoms with Gasteiger partial charge in [-0.2, -0.15) is 0 Å². The number of amides is 1. The van der Waals surface area contributed by atoms with Crippen molar-refractivity contribution >= 4 is 29.1 Å². The van der Waals surface area contributed by atoms with Crippen LogP contribution in [-0.4, -0.2) is 5.91 Å². The van der Waals surface area contributed by atoms with Crippen LogP contribution < -0.4 is 5.73 Å². The summed E-state index contributed by atoms with van der Waals surface area (Å²) in [4.78, 5) is 11.1. The molecule has 0 fully saturated rings. The molecular weight excluding hydrogens is 257 g/mol. The highest BCUT2D eigenvalue weighted by Gasteiger charge is 2.14. The third-order valence-electron chi connectivity index (χ3n) is 2.43. The molecule has 2 N–H and O–H groups in total. The van der Waals surface area contributed by atoms with Crippen molar-refractivity contribution in [3.8, 4) is 11.1 Å². The Morgan fingerprint density at radius 3 is 2.18 bits per heavy atom. The molecule has 0 aliphatic heterocycles. The molecular formula is C13H9Cl2NO. The van der Waals surface area contributed by atoms with Gasteiger partial charge < -0.3 is 5.73 Å². The first-order chi connectivity index (χ1) is 8.11. The number of carbonyl (C=O) groups excluding carboxylic acids is 1. The molecule has 4 heteroatoms. The zero-order valence-electron chi connectivity index (χ0n) is 8.78. The van der Waals surface area contributed by atoms with Gasteiger partial charge in [0.25, 0.3) is 0 Å². The smallest absolute Gasteiger partial charge is 0.250 e. The summed E-state index contributed by atoms with van der Waals surface area (Å²) in [6.07, 6.45) is 0. The zero-order valence-corrected chi connectivity index (χ0v) is 10.3. The molecule has 0 heterocycles. The first-order valence-electron chi connectivity index (χ1n) is 4.94. The number of benzene rings is 2. The molecule has 0 atom stereocenters. The predicted octanol–water partition coefficient (Wildman–Crippen LogP) is 3.76. The zero-order chi connectivity index (χ0) is 12.4. The normalized spacial score (nSPS) is 10.2. The summed E-state index contributed by atoms with van der Waals surface area (Å²) in [6.45, 7) is 0. The van der Waals surface area contributed by atoms with Crippen molar-refractivity contribution in [1.82, 2.24) is 0 Å². The van der Waals surface area contributed by atoms with E-state index in [2.05, 4.69) is 0 Å². The molecule has 0 aromatic heterocycles. The minimum atomic E-state index is -0.587. The van der Waals surface area contributed by atoms with Gasteiger partial charge >= 0.3 is 0 Å². The quantitative estimate of drug-likeness (QED) is 0.883. The van der Waals surface area contributed by atoms with E-state index in [4.69, 9.17) is 28.9 Å². The Morgan fingerprint density at radius 1 is 0.941 bits per heavy atom. The second-order valence-electron chi connectivity index (χ2n) is 3.52. The van der Waals surface area contributed by atoms with Crippen molar-refractivity contribution in [3.05, 3.63) is 58.1 Å². The van der Waals surface area contributed by atoms with Gasteiger partial charge in [-0.1, -0.05) is 59.6 Å². The van der Waals surface area contributed by atoms with Crippen LogP contribution in [-0.2, 0) is 0 Å². The highest BCUT2D eigenvalue weighted by molar-refractivity contribution is 6.45. The van der Waals surface area contributed by atoms with E-state index in [1.54, 1.807) is 12.1 Å². The number of hydrogen-bond donors (Lipinski definition) is 1. The molecule has 2 aromatic rings. The molecule has 2 aromatic carbocycles. The van der Waals surface area contributed by atoms with Crippen LogP contribution in [0.4, 0.5) is 0 Å². The van der Waals surface area contributed by atoms with Crippen LogP contribution in [0.5, 0.6) is 0 Å². The van der Waals surface area contributed by atoms with Crippen LogP contribution >= 0.6 is 23.2 Å². The average molecular weight is 266 g/mol. The summed E-state index contributed by atoms with van der Waals surface area (Å²) in [5.74, 6) is -0.587. The monoisotopic (exact) mass is 265 g/mol. The molecule has 2 rings (SSSR count). The van der Waals surface area contributed by atoms with E-state index in [-0.39, 0.29) is 10.6 Å². The lowest BCUT2D eigenvalue weighted by Crippen LogP contribution is -2.11. The lowest BCUT2D eigenvalue weighted by molar-refractivity contribution is 0.100. The van der Waals surface area contributed by atoms with E-state index in [0.717, 1.165) is 11.1 Å². The van der Waals surface area contributed by atoms with Crippen LogP contribution in [0.1, 0.15) is 10.4 Å². The van der Waals surface area contributed by atoms with E-state index in [0.29, 0.717) is 5.02 Å². The molecule has 0 spiro atoms. The summed E-state index contributed by atoms with van der Waals surface area (Å²) in [6, 6.07) is 12.9. The van der Waals surface area contributed by atoms with E-state index in [1.807, 2.05) is 30.3 Å². The van der Waals surface area contributed by atoms with E-state index in [9.17, 15) is 4.79 Å². The number of primary amides is 1. The number of rotatable bonds is 2. The molecule has 86 valence electrons. The second-order valence-corrected chi connectivity index (χ2v) is 4.27. The molecule has 0 unspecified atom stereocenters. The Morgan fingerprint density at radius 2 is 1.59 bits per heavy atom. The molecule has 0 bridgehead atoms. The largest absolute Gasteiger partial charge is 0.366 e. The van der Waals surface area contributed by atoms with E-state index < -0.39 is 5.91 Å². The molecule has 0 aliphatic rings. The fourth-order valence-electron chi connectivity index (χ4n) is 1.58. The van der Waals surface area contributed by atoms with Gasteiger partial charge in [0, 0.05) is 5.56 Å². The van der Waals surface area contributed by atoms with Crippen LogP contribution in [0.2, 0.25) is 10.0 Å². The SMILES string of the molecule is NC(=O)c1ccc(-c2ccccc2)c(Cl)c1Cl. The molecule has 1 amide bonds. The molecule has 17 heavy (non-hydrogen) atoms. The fourth-order valence-corrected chi connectivity index (χ4v) is 2.11. The minimum absolute atomic E-state index is 0.195. The van der Waals surface area contributed by atoms with Crippen molar-refractivity contribution in [3.63, 3.8) is 0 Å². The van der Waals surface area contributed by atoms with Crippen LogP contribution in [0.25, 0.3) is 11.1 Å². The predicted molar refractivity (Wildman–Crippen MR) is 70.4 cm³/mol. The maximum absolute atomic E-state index is 11.1. The van der Waals surface area contributed by atoms with Gasteiger partial charge in [0.1, 0.15) is 0 Å². The molecule has 0 saturated carbocycles. The van der Waals surface area contributed by atoms with Gasteiger partial charge in [-0.05, 0) is 11.6 Å². The third-order valence-corrected chi connectivity index (χ3v) is 3.31. The Bertz CT molecular complexity index is 567. The van der Waals surface area contributed by atoms with Crippen molar-refractivity contribution in [1.29, 1.82) is 0 Å². The highest BCUT2D eigenvalue weighted by Crippen LogP contribution is 2.35. The van der Waals surface area contributed by atoms with Crippen molar-refractivity contribution in [2.75, 3.05) is 0 Å². The highest BCUT2D eigenvalue weighted by atomic mass is 35.5. The van der Waals surface area contributed by atoms with Crippen molar-refractivity contribution < 1.29 is 4.79 Å². The molecule has 0 saturated heterocycles. The lowest BCUT2D eigenvalue weighted by atomic mass is 10.0.